The van der Waals surface area contributed by atoms with E-state index in [0.29, 0.717) is 24.4 Å². The fourth-order valence-corrected chi connectivity index (χ4v) is 4.63. The fraction of sp³-hybridized carbons (Fsp3) is 0.286. The lowest BCUT2D eigenvalue weighted by Gasteiger charge is -2.26. The maximum absolute atomic E-state index is 7.29. The van der Waals surface area contributed by atoms with Gasteiger partial charge >= 0.3 is 0 Å². The van der Waals surface area contributed by atoms with Gasteiger partial charge in [0, 0.05) is 23.0 Å². The highest BCUT2D eigenvalue weighted by atomic mass is 16.5. The summed E-state index contributed by atoms with van der Waals surface area (Å²) < 4.78 is 6.15. The van der Waals surface area contributed by atoms with Crippen LogP contribution in [0.4, 0.5) is 17.1 Å². The molecule has 0 aliphatic heterocycles. The van der Waals surface area contributed by atoms with Gasteiger partial charge in [0.25, 0.3) is 0 Å². The number of nitrogens with zero attached hydrogens (tertiary/aromatic N) is 1. The summed E-state index contributed by atoms with van der Waals surface area (Å²) in [5, 5.41) is 7.29. The van der Waals surface area contributed by atoms with Gasteiger partial charge in [0.2, 0.25) is 0 Å². The molecular weight excluding hydrogens is 380 g/mol. The zero-order valence-electron chi connectivity index (χ0n) is 18.3. The number of hydrogen-bond acceptors (Lipinski definition) is 3. The van der Waals surface area contributed by atoms with E-state index < -0.39 is 0 Å². The molecule has 0 radical (unpaired) electrons. The van der Waals surface area contributed by atoms with Crippen LogP contribution < -0.4 is 9.64 Å². The number of aryl methyl sites for hydroxylation is 1. The average molecular weight is 411 g/mol. The molecule has 3 aromatic rings. The van der Waals surface area contributed by atoms with Crippen LogP contribution in [0.2, 0.25) is 0 Å². The van der Waals surface area contributed by atoms with Crippen LogP contribution in [0.1, 0.15) is 25.3 Å². The molecule has 1 aliphatic rings. The Morgan fingerprint density at radius 3 is 2.35 bits per heavy atom. The number of para-hydroxylation sites is 1. The molecule has 31 heavy (non-hydrogen) atoms. The van der Waals surface area contributed by atoms with Crippen molar-refractivity contribution in [2.24, 2.45) is 17.8 Å². The predicted octanol–water partition coefficient (Wildman–Crippen LogP) is 7.31. The molecule has 4 rings (SSSR count). The maximum Gasteiger partial charge on any atom is 0.119 e. The van der Waals surface area contributed by atoms with Crippen molar-refractivity contribution in [3.05, 3.63) is 90.5 Å². The van der Waals surface area contributed by atoms with E-state index in [-0.39, 0.29) is 0 Å². The summed E-state index contributed by atoms with van der Waals surface area (Å²) in [5.41, 5.74) is 4.60. The van der Waals surface area contributed by atoms with Gasteiger partial charge in [-0.05, 0) is 97.6 Å². The normalized spacial score (nSPS) is 20.1. The largest absolute Gasteiger partial charge is 0.493 e. The number of ether oxygens (including phenoxy) is 1. The molecule has 0 heterocycles. The monoisotopic (exact) mass is 410 g/mol. The number of anilines is 3. The van der Waals surface area contributed by atoms with E-state index in [9.17, 15) is 0 Å². The molecule has 3 unspecified atom stereocenters. The molecule has 3 nitrogen and oxygen atoms in total. The van der Waals surface area contributed by atoms with Crippen LogP contribution in [0.25, 0.3) is 0 Å². The van der Waals surface area contributed by atoms with Gasteiger partial charge in [-0.1, -0.05) is 37.3 Å². The van der Waals surface area contributed by atoms with Gasteiger partial charge in [-0.3, -0.25) is 5.41 Å². The second kappa shape index (κ2) is 9.68. The third kappa shape index (κ3) is 5.07. The van der Waals surface area contributed by atoms with Crippen LogP contribution in [0.3, 0.4) is 0 Å². The van der Waals surface area contributed by atoms with E-state index >= 15 is 0 Å². The molecule has 0 amide bonds. The molecule has 3 aromatic carbocycles. The van der Waals surface area contributed by atoms with Gasteiger partial charge < -0.3 is 9.64 Å². The topological polar surface area (TPSA) is 36.3 Å². The van der Waals surface area contributed by atoms with Crippen LogP contribution in [0.5, 0.6) is 5.75 Å². The molecule has 1 saturated carbocycles. The van der Waals surface area contributed by atoms with Gasteiger partial charge in [-0.15, -0.1) is 0 Å². The molecule has 1 aliphatic carbocycles. The first kappa shape index (κ1) is 21.0. The van der Waals surface area contributed by atoms with Gasteiger partial charge in [0.15, 0.2) is 0 Å². The number of nitrogens with one attached hydrogen (secondary N) is 1. The zero-order valence-corrected chi connectivity index (χ0v) is 18.3. The molecule has 3 heteroatoms. The molecule has 1 N–H and O–H groups in total. The Labute approximate surface area is 185 Å². The minimum absolute atomic E-state index is 0.404. The summed E-state index contributed by atoms with van der Waals surface area (Å²) in [6.45, 7) is 5.09. The molecule has 1 fully saturated rings. The minimum atomic E-state index is 0.404. The Balaban J connectivity index is 1.53. The Hall–Kier alpha value is -3.29. The van der Waals surface area contributed by atoms with Gasteiger partial charge in [-0.2, -0.15) is 0 Å². The standard InChI is InChI=1S/C28H30N2O/c1-21-7-6-10-27(19-21)30(25-8-4-3-5-9-25)26-11-13-28(14-12-26)31-20-24-18-22(2)17-23(24)15-16-29/h3-15,19,22-24,29H,17-18,20H2,1-2H3. The lowest BCUT2D eigenvalue weighted by Crippen LogP contribution is -2.15. The second-order valence-corrected chi connectivity index (χ2v) is 8.63. The highest BCUT2D eigenvalue weighted by Gasteiger charge is 2.30. The Bertz CT molecular complexity index is 1040. The van der Waals surface area contributed by atoms with Crippen molar-refractivity contribution in [3.63, 3.8) is 0 Å². The first-order valence-electron chi connectivity index (χ1n) is 11.0. The smallest absolute Gasteiger partial charge is 0.119 e. The number of rotatable bonds is 7. The van der Waals surface area contributed by atoms with Crippen LogP contribution in [-0.4, -0.2) is 12.5 Å². The quantitative estimate of drug-likeness (QED) is 0.415. The molecule has 0 bridgehead atoms. The second-order valence-electron chi connectivity index (χ2n) is 8.63. The summed E-state index contributed by atoms with van der Waals surface area (Å²) in [7, 11) is 0. The highest BCUT2D eigenvalue weighted by molar-refractivity contribution is 5.76. The fourth-order valence-electron chi connectivity index (χ4n) is 4.63. The van der Waals surface area contributed by atoms with Crippen molar-refractivity contribution >= 4 is 22.9 Å². The Morgan fingerprint density at radius 2 is 1.65 bits per heavy atom. The van der Waals surface area contributed by atoms with Crippen LogP contribution in [0, 0.1) is 30.1 Å². The SMILES string of the molecule is Cc1cccc(N(c2ccccc2)c2ccc(OCC3CC(C)CC3C=C=N)cc2)c1. The molecule has 0 spiro atoms. The molecule has 0 saturated heterocycles. The van der Waals surface area contributed by atoms with Crippen molar-refractivity contribution in [3.8, 4) is 5.75 Å². The Kier molecular flexibility index (Phi) is 6.54. The summed E-state index contributed by atoms with van der Waals surface area (Å²) in [6.07, 6.45) is 4.18. The Morgan fingerprint density at radius 1 is 0.935 bits per heavy atom. The average Bonchev–Trinajstić information content (AvgIpc) is 3.13. The molecule has 158 valence electrons. The van der Waals surface area contributed by atoms with E-state index in [1.807, 2.05) is 12.1 Å². The van der Waals surface area contributed by atoms with Gasteiger partial charge in [0.05, 0.1) is 6.61 Å². The summed E-state index contributed by atoms with van der Waals surface area (Å²) in [4.78, 5) is 2.26. The van der Waals surface area contributed by atoms with Crippen molar-refractivity contribution in [1.29, 1.82) is 5.41 Å². The van der Waals surface area contributed by atoms with Gasteiger partial charge in [-0.25, -0.2) is 0 Å². The summed E-state index contributed by atoms with van der Waals surface area (Å²) >= 11 is 0. The highest BCUT2D eigenvalue weighted by Crippen LogP contribution is 2.38. The van der Waals surface area contributed by atoms with Crippen LogP contribution in [-0.2, 0) is 0 Å². The third-order valence-electron chi connectivity index (χ3n) is 6.12. The third-order valence-corrected chi connectivity index (χ3v) is 6.12. The number of allylic oxidation sites excluding steroid dienone is 1. The van der Waals surface area contributed by atoms with Gasteiger partial charge in [0.1, 0.15) is 5.75 Å². The first-order valence-corrected chi connectivity index (χ1v) is 11.0. The lowest BCUT2D eigenvalue weighted by molar-refractivity contribution is 0.230. The van der Waals surface area contributed by atoms with Crippen molar-refractivity contribution in [2.75, 3.05) is 11.5 Å². The predicted molar refractivity (Wildman–Crippen MR) is 129 cm³/mol. The lowest BCUT2D eigenvalue weighted by atomic mass is 9.97. The molecule has 3 atom stereocenters. The number of hydrogen-bond donors (Lipinski definition) is 1. The molecular formula is C28H30N2O. The van der Waals surface area contributed by atoms with E-state index in [0.717, 1.165) is 35.7 Å². The first-order chi connectivity index (χ1) is 15.1. The van der Waals surface area contributed by atoms with Crippen molar-refractivity contribution in [2.45, 2.75) is 26.7 Å². The maximum atomic E-state index is 7.29. The summed E-state index contributed by atoms with van der Waals surface area (Å²) in [5.74, 6) is 4.91. The van der Waals surface area contributed by atoms with Crippen LogP contribution in [0.15, 0.2) is 84.9 Å². The van der Waals surface area contributed by atoms with Crippen LogP contribution >= 0.6 is 0 Å². The number of benzene rings is 3. The van der Waals surface area contributed by atoms with E-state index in [2.05, 4.69) is 97.4 Å². The minimum Gasteiger partial charge on any atom is -0.493 e. The summed E-state index contributed by atoms with van der Waals surface area (Å²) in [6, 6.07) is 27.4. The van der Waals surface area contributed by atoms with Crippen molar-refractivity contribution < 1.29 is 4.74 Å². The van der Waals surface area contributed by atoms with Crippen molar-refractivity contribution in [1.82, 2.24) is 0 Å². The zero-order chi connectivity index (χ0) is 21.6. The molecule has 0 aromatic heterocycles. The van der Waals surface area contributed by atoms with E-state index in [4.69, 9.17) is 10.1 Å². The van der Waals surface area contributed by atoms with E-state index in [1.165, 1.54) is 5.56 Å². The van der Waals surface area contributed by atoms with E-state index in [1.54, 1.807) is 0 Å².